The molecule has 0 saturated carbocycles. The molecular weight excluding hydrogens is 338 g/mol. The second-order valence-corrected chi connectivity index (χ2v) is 5.35. The van der Waals surface area contributed by atoms with Crippen molar-refractivity contribution in [2.45, 2.75) is 0 Å². The number of phenols is 1. The number of methoxy groups -OCH3 is 1. The number of pyridine rings is 1. The molecule has 2 aromatic carbocycles. The van der Waals surface area contributed by atoms with Gasteiger partial charge in [0.1, 0.15) is 11.3 Å². The van der Waals surface area contributed by atoms with Crippen molar-refractivity contribution in [3.8, 4) is 17.2 Å². The molecule has 3 rings (SSSR count). The molecular formula is C18H15N3O5. The van der Waals surface area contributed by atoms with Crippen molar-refractivity contribution < 1.29 is 19.7 Å². The van der Waals surface area contributed by atoms with Crippen LogP contribution < -0.4 is 15.7 Å². The third-order valence-corrected chi connectivity index (χ3v) is 3.70. The largest absolute Gasteiger partial charge is 0.506 e. The Morgan fingerprint density at radius 2 is 2.00 bits per heavy atom. The van der Waals surface area contributed by atoms with E-state index >= 15 is 0 Å². The van der Waals surface area contributed by atoms with Crippen molar-refractivity contribution in [2.24, 2.45) is 5.10 Å². The SMILES string of the molecule is COc1cc(/C=N\NC(=O)c2c(O)c3ccccc3[nH]c2=O)ccc1O. The number of aromatic hydroxyl groups is 2. The molecule has 0 unspecified atom stereocenters. The third-order valence-electron chi connectivity index (χ3n) is 3.70. The average molecular weight is 353 g/mol. The van der Waals surface area contributed by atoms with E-state index in [4.69, 9.17) is 4.74 Å². The number of para-hydroxylation sites is 1. The Morgan fingerprint density at radius 3 is 2.77 bits per heavy atom. The molecule has 26 heavy (non-hydrogen) atoms. The minimum absolute atomic E-state index is 0.0266. The van der Waals surface area contributed by atoms with Crippen LogP contribution in [0.4, 0.5) is 0 Å². The third kappa shape index (κ3) is 3.20. The fraction of sp³-hybridized carbons (Fsp3) is 0.0556. The van der Waals surface area contributed by atoms with Gasteiger partial charge in [0.15, 0.2) is 11.5 Å². The van der Waals surface area contributed by atoms with Gasteiger partial charge in [0.25, 0.3) is 11.5 Å². The molecule has 0 aliphatic carbocycles. The molecule has 0 fully saturated rings. The molecule has 8 heteroatoms. The van der Waals surface area contributed by atoms with Crippen molar-refractivity contribution >= 4 is 23.0 Å². The average Bonchev–Trinajstić information content (AvgIpc) is 2.63. The Bertz CT molecular complexity index is 1070. The summed E-state index contributed by atoms with van der Waals surface area (Å²) in [6.45, 7) is 0. The number of fused-ring (bicyclic) bond motifs is 1. The summed E-state index contributed by atoms with van der Waals surface area (Å²) in [5.41, 5.74) is 2.02. The second-order valence-electron chi connectivity index (χ2n) is 5.35. The molecule has 0 aliphatic rings. The Kier molecular flexibility index (Phi) is 4.57. The highest BCUT2D eigenvalue weighted by molar-refractivity contribution is 6.02. The highest BCUT2D eigenvalue weighted by Gasteiger charge is 2.18. The number of hydrogen-bond donors (Lipinski definition) is 4. The van der Waals surface area contributed by atoms with Crippen LogP contribution in [-0.2, 0) is 0 Å². The second kappa shape index (κ2) is 6.98. The van der Waals surface area contributed by atoms with E-state index in [1.54, 1.807) is 30.3 Å². The molecule has 0 radical (unpaired) electrons. The molecule has 4 N–H and O–H groups in total. The van der Waals surface area contributed by atoms with E-state index in [1.165, 1.54) is 25.5 Å². The van der Waals surface area contributed by atoms with Crippen LogP contribution in [0.5, 0.6) is 17.2 Å². The Balaban J connectivity index is 1.85. The number of hydrogen-bond acceptors (Lipinski definition) is 6. The Morgan fingerprint density at radius 1 is 1.23 bits per heavy atom. The number of nitrogens with zero attached hydrogens (tertiary/aromatic N) is 1. The van der Waals surface area contributed by atoms with E-state index in [0.29, 0.717) is 16.5 Å². The first kappa shape index (κ1) is 17.0. The van der Waals surface area contributed by atoms with Gasteiger partial charge in [-0.2, -0.15) is 5.10 Å². The van der Waals surface area contributed by atoms with Gasteiger partial charge in [-0.05, 0) is 35.9 Å². The Hall–Kier alpha value is -3.81. The van der Waals surface area contributed by atoms with Gasteiger partial charge < -0.3 is 19.9 Å². The maximum absolute atomic E-state index is 12.2. The van der Waals surface area contributed by atoms with Crippen LogP contribution in [0.25, 0.3) is 10.9 Å². The minimum atomic E-state index is -0.850. The summed E-state index contributed by atoms with van der Waals surface area (Å²) < 4.78 is 4.98. The zero-order valence-electron chi connectivity index (χ0n) is 13.7. The smallest absolute Gasteiger partial charge is 0.280 e. The number of carbonyl (C=O) groups excluding carboxylic acids is 1. The quantitative estimate of drug-likeness (QED) is 0.420. The molecule has 8 nitrogen and oxygen atoms in total. The predicted octanol–water partition coefficient (Wildman–Crippen LogP) is 1.71. The number of aromatic amines is 1. The summed E-state index contributed by atoms with van der Waals surface area (Å²) in [5, 5.41) is 23.9. The Labute approximate surface area is 147 Å². The van der Waals surface area contributed by atoms with Crippen LogP contribution in [0.2, 0.25) is 0 Å². The van der Waals surface area contributed by atoms with Crippen LogP contribution in [0.1, 0.15) is 15.9 Å². The van der Waals surface area contributed by atoms with Gasteiger partial charge in [0, 0.05) is 5.39 Å². The molecule has 0 atom stereocenters. The summed E-state index contributed by atoms with van der Waals surface area (Å²) in [5.74, 6) is -1.04. The summed E-state index contributed by atoms with van der Waals surface area (Å²) in [6, 6.07) is 11.1. The van der Waals surface area contributed by atoms with E-state index in [1.807, 2.05) is 0 Å². The van der Waals surface area contributed by atoms with Crippen molar-refractivity contribution in [3.63, 3.8) is 0 Å². The summed E-state index contributed by atoms with van der Waals surface area (Å²) >= 11 is 0. The van der Waals surface area contributed by atoms with Gasteiger partial charge in [-0.15, -0.1) is 0 Å². The molecule has 1 amide bonds. The number of phenolic OH excluding ortho intramolecular Hbond substituents is 1. The maximum atomic E-state index is 12.2. The van der Waals surface area contributed by atoms with E-state index in [0.717, 1.165) is 0 Å². The topological polar surface area (TPSA) is 124 Å². The van der Waals surface area contributed by atoms with E-state index in [2.05, 4.69) is 15.5 Å². The van der Waals surface area contributed by atoms with Gasteiger partial charge in [0.2, 0.25) is 0 Å². The number of hydrazone groups is 1. The fourth-order valence-corrected chi connectivity index (χ4v) is 2.43. The van der Waals surface area contributed by atoms with Crippen LogP contribution in [0.3, 0.4) is 0 Å². The molecule has 0 aliphatic heterocycles. The fourth-order valence-electron chi connectivity index (χ4n) is 2.43. The molecule has 3 aromatic rings. The van der Waals surface area contributed by atoms with Crippen molar-refractivity contribution in [2.75, 3.05) is 7.11 Å². The number of amides is 1. The van der Waals surface area contributed by atoms with Crippen LogP contribution in [0.15, 0.2) is 52.4 Å². The number of rotatable bonds is 4. The monoisotopic (exact) mass is 353 g/mol. The van der Waals surface area contributed by atoms with Crippen LogP contribution in [0, 0.1) is 0 Å². The minimum Gasteiger partial charge on any atom is -0.506 e. The van der Waals surface area contributed by atoms with E-state index in [9.17, 15) is 19.8 Å². The summed E-state index contributed by atoms with van der Waals surface area (Å²) in [7, 11) is 1.41. The van der Waals surface area contributed by atoms with Crippen molar-refractivity contribution in [3.05, 3.63) is 63.9 Å². The first-order valence-electron chi connectivity index (χ1n) is 7.55. The van der Waals surface area contributed by atoms with Crippen LogP contribution in [-0.4, -0.2) is 34.4 Å². The molecule has 132 valence electrons. The first-order valence-corrected chi connectivity index (χ1v) is 7.55. The molecule has 1 aromatic heterocycles. The lowest BCUT2D eigenvalue weighted by Crippen LogP contribution is -2.26. The molecule has 0 bridgehead atoms. The van der Waals surface area contributed by atoms with E-state index in [-0.39, 0.29) is 11.5 Å². The lowest BCUT2D eigenvalue weighted by Gasteiger charge is -2.06. The zero-order valence-corrected chi connectivity index (χ0v) is 13.7. The molecule has 0 saturated heterocycles. The van der Waals surface area contributed by atoms with Crippen molar-refractivity contribution in [1.29, 1.82) is 0 Å². The number of carbonyl (C=O) groups is 1. The normalized spacial score (nSPS) is 11.0. The zero-order chi connectivity index (χ0) is 18.7. The van der Waals surface area contributed by atoms with Gasteiger partial charge in [-0.1, -0.05) is 12.1 Å². The lowest BCUT2D eigenvalue weighted by atomic mass is 10.1. The maximum Gasteiger partial charge on any atom is 0.280 e. The van der Waals surface area contributed by atoms with E-state index < -0.39 is 22.8 Å². The van der Waals surface area contributed by atoms with Crippen molar-refractivity contribution in [1.82, 2.24) is 10.4 Å². The van der Waals surface area contributed by atoms with Gasteiger partial charge >= 0.3 is 0 Å². The number of nitrogens with one attached hydrogen (secondary N) is 2. The number of aromatic nitrogens is 1. The highest BCUT2D eigenvalue weighted by atomic mass is 16.5. The first-order chi connectivity index (χ1) is 12.5. The summed E-state index contributed by atoms with van der Waals surface area (Å²) in [6.07, 6.45) is 1.31. The summed E-state index contributed by atoms with van der Waals surface area (Å²) in [4.78, 5) is 26.8. The van der Waals surface area contributed by atoms with Crippen LogP contribution >= 0.6 is 0 Å². The molecule has 1 heterocycles. The number of benzene rings is 2. The van der Waals surface area contributed by atoms with Gasteiger partial charge in [0.05, 0.1) is 18.8 Å². The highest BCUT2D eigenvalue weighted by Crippen LogP contribution is 2.26. The number of H-pyrrole nitrogens is 1. The van der Waals surface area contributed by atoms with Gasteiger partial charge in [-0.3, -0.25) is 9.59 Å². The van der Waals surface area contributed by atoms with Gasteiger partial charge in [-0.25, -0.2) is 5.43 Å². The molecule has 0 spiro atoms. The number of ether oxygens (including phenoxy) is 1. The lowest BCUT2D eigenvalue weighted by molar-refractivity contribution is 0.0951. The standard InChI is InChI=1S/C18H15N3O5/c1-26-14-8-10(6-7-13(14)22)9-19-21-18(25)15-16(23)11-4-2-3-5-12(11)20-17(15)24/h2-9,22H,1H3,(H,21,25)(H2,20,23,24)/b19-9-. The predicted molar refractivity (Wildman–Crippen MR) is 96.0 cm³/mol.